The van der Waals surface area contributed by atoms with Gasteiger partial charge in [-0.2, -0.15) is 0 Å². The van der Waals surface area contributed by atoms with Gasteiger partial charge in [0, 0.05) is 16.4 Å². The van der Waals surface area contributed by atoms with E-state index in [0.29, 0.717) is 22.4 Å². The highest BCUT2D eigenvalue weighted by atomic mass is 35.5. The molecule has 0 fully saturated rings. The molecule has 0 spiro atoms. The molecule has 2 aromatic rings. The highest BCUT2D eigenvalue weighted by Crippen LogP contribution is 2.30. The molecule has 1 heterocycles. The molecule has 1 unspecified atom stereocenters. The van der Waals surface area contributed by atoms with Crippen molar-refractivity contribution in [1.82, 2.24) is 9.97 Å². The van der Waals surface area contributed by atoms with Crippen molar-refractivity contribution in [3.8, 4) is 0 Å². The Kier molecular flexibility index (Phi) is 7.73. The monoisotopic (exact) mass is 427 g/mol. The average Bonchev–Trinajstić information content (AvgIpc) is 2.64. The van der Waals surface area contributed by atoms with Crippen molar-refractivity contribution >= 4 is 23.1 Å². The Labute approximate surface area is 174 Å². The molecule has 0 amide bonds. The van der Waals surface area contributed by atoms with Crippen molar-refractivity contribution in [2.45, 2.75) is 52.0 Å². The van der Waals surface area contributed by atoms with Crippen LogP contribution in [0.3, 0.4) is 0 Å². The van der Waals surface area contributed by atoms with Crippen LogP contribution in [0, 0.1) is 5.92 Å². The van der Waals surface area contributed by atoms with E-state index < -0.39 is 24.4 Å². The van der Waals surface area contributed by atoms with Crippen molar-refractivity contribution in [2.24, 2.45) is 11.8 Å². The summed E-state index contributed by atoms with van der Waals surface area (Å²) in [5.74, 6) is 5.94. The first-order valence-corrected chi connectivity index (χ1v) is 9.74. The number of hydrogen-bond acceptors (Lipinski definition) is 6. The Balaban J connectivity index is 2.38. The number of halogens is 3. The number of aryl methyl sites for hydroxylation is 1. The second kappa shape index (κ2) is 9.65. The quantitative estimate of drug-likeness (QED) is 0.438. The third kappa shape index (κ3) is 5.98. The zero-order valence-corrected chi connectivity index (χ0v) is 17.6. The first-order chi connectivity index (χ1) is 13.5. The number of anilines is 2. The molecule has 0 radical (unpaired) electrons. The van der Waals surface area contributed by atoms with Crippen molar-refractivity contribution < 1.29 is 13.9 Å². The molecule has 0 bridgehead atoms. The van der Waals surface area contributed by atoms with E-state index in [1.54, 1.807) is 6.07 Å². The summed E-state index contributed by atoms with van der Waals surface area (Å²) < 4.78 is 26.0. The molecule has 6 nitrogen and oxygen atoms in total. The number of nitrogen functional groups attached to an aromatic ring is 1. The fourth-order valence-electron chi connectivity index (χ4n) is 2.75. The minimum atomic E-state index is -2.61. The highest BCUT2D eigenvalue weighted by Gasteiger charge is 2.25. The maximum atomic E-state index is 13.0. The van der Waals surface area contributed by atoms with Crippen LogP contribution in [0.15, 0.2) is 24.3 Å². The van der Waals surface area contributed by atoms with Crippen LogP contribution in [0.25, 0.3) is 0 Å². The van der Waals surface area contributed by atoms with Gasteiger partial charge in [-0.1, -0.05) is 50.6 Å². The number of aliphatic hydroxyl groups is 1. The molecule has 1 aromatic heterocycles. The zero-order chi connectivity index (χ0) is 21.8. The standard InChI is InChI=1S/C20H28ClF2N5O/c1-20(2,3)19-26-15(9-8-13(11-29)17(22)23)16(24)18(27-19)28(25)10-12-6-4-5-7-14(12)21/h4-7,13,17,29H,8-11,24-25H2,1-3H3. The van der Waals surface area contributed by atoms with Crippen LogP contribution in [0.5, 0.6) is 0 Å². The molecule has 0 saturated heterocycles. The normalized spacial score (nSPS) is 13.0. The lowest BCUT2D eigenvalue weighted by molar-refractivity contribution is 0.0371. The Bertz CT molecular complexity index is 829. The smallest absolute Gasteiger partial charge is 0.243 e. The van der Waals surface area contributed by atoms with E-state index in [-0.39, 0.29) is 25.1 Å². The van der Waals surface area contributed by atoms with Gasteiger partial charge in [0.15, 0.2) is 5.82 Å². The largest absolute Gasteiger partial charge is 0.396 e. The first-order valence-electron chi connectivity index (χ1n) is 9.36. The molecular formula is C20H28ClF2N5O. The number of nitrogens with zero attached hydrogens (tertiary/aromatic N) is 3. The second-order valence-corrected chi connectivity index (χ2v) is 8.42. The van der Waals surface area contributed by atoms with Crippen molar-refractivity contribution in [1.29, 1.82) is 0 Å². The summed E-state index contributed by atoms with van der Waals surface area (Å²) in [6.07, 6.45) is -2.39. The van der Waals surface area contributed by atoms with Gasteiger partial charge in [0.2, 0.25) is 6.43 Å². The SMILES string of the molecule is CC(C)(C)c1nc(CCC(CO)C(F)F)c(N)c(N(N)Cc2ccccc2Cl)n1. The van der Waals surface area contributed by atoms with Gasteiger partial charge in [-0.25, -0.2) is 24.6 Å². The molecule has 0 aliphatic heterocycles. The van der Waals surface area contributed by atoms with Crippen molar-refractivity contribution in [3.63, 3.8) is 0 Å². The van der Waals surface area contributed by atoms with E-state index in [0.717, 1.165) is 5.56 Å². The summed E-state index contributed by atoms with van der Waals surface area (Å²) in [5.41, 5.74) is 7.33. The number of hydrazine groups is 1. The molecule has 9 heteroatoms. The Hall–Kier alpha value is -2.03. The van der Waals surface area contributed by atoms with Crippen LogP contribution in [0.1, 0.15) is 44.3 Å². The summed E-state index contributed by atoms with van der Waals surface area (Å²) in [5, 5.41) is 11.1. The average molecular weight is 428 g/mol. The van der Waals surface area contributed by atoms with Gasteiger partial charge in [0.05, 0.1) is 24.5 Å². The van der Waals surface area contributed by atoms with Crippen LogP contribution in [-0.2, 0) is 18.4 Å². The topological polar surface area (TPSA) is 101 Å². The van der Waals surface area contributed by atoms with Crippen LogP contribution in [0.4, 0.5) is 20.3 Å². The number of aromatic nitrogens is 2. The minimum Gasteiger partial charge on any atom is -0.396 e. The summed E-state index contributed by atoms with van der Waals surface area (Å²) >= 11 is 6.22. The molecule has 160 valence electrons. The van der Waals surface area contributed by atoms with Crippen LogP contribution in [0.2, 0.25) is 5.02 Å². The fraction of sp³-hybridized carbons (Fsp3) is 0.500. The number of alkyl halides is 2. The Morgan fingerprint density at radius 3 is 2.41 bits per heavy atom. The van der Waals surface area contributed by atoms with E-state index in [4.69, 9.17) is 23.2 Å². The molecule has 1 atom stereocenters. The summed E-state index contributed by atoms with van der Waals surface area (Å²) in [7, 11) is 0. The van der Waals surface area contributed by atoms with E-state index in [1.165, 1.54) is 5.01 Å². The first kappa shape index (κ1) is 23.3. The number of nitrogens with two attached hydrogens (primary N) is 2. The predicted molar refractivity (Wildman–Crippen MR) is 112 cm³/mol. The molecule has 2 rings (SSSR count). The Morgan fingerprint density at radius 1 is 1.21 bits per heavy atom. The van der Waals surface area contributed by atoms with Gasteiger partial charge in [0.25, 0.3) is 0 Å². The summed E-state index contributed by atoms with van der Waals surface area (Å²) in [6.45, 7) is 5.49. The van der Waals surface area contributed by atoms with Crippen LogP contribution in [-0.4, -0.2) is 28.1 Å². The number of rotatable bonds is 8. The van der Waals surface area contributed by atoms with Gasteiger partial charge in [0.1, 0.15) is 5.82 Å². The summed E-state index contributed by atoms with van der Waals surface area (Å²) in [4.78, 5) is 9.04. The van der Waals surface area contributed by atoms with E-state index in [9.17, 15) is 13.9 Å². The predicted octanol–water partition coefficient (Wildman–Crippen LogP) is 3.70. The van der Waals surface area contributed by atoms with Gasteiger partial charge >= 0.3 is 0 Å². The third-order valence-electron chi connectivity index (χ3n) is 4.59. The van der Waals surface area contributed by atoms with Crippen molar-refractivity contribution in [2.75, 3.05) is 17.3 Å². The number of hydrogen-bond donors (Lipinski definition) is 3. The lowest BCUT2D eigenvalue weighted by Gasteiger charge is -2.25. The number of aliphatic hydroxyl groups excluding tert-OH is 1. The van der Waals surface area contributed by atoms with E-state index in [1.807, 2.05) is 39.0 Å². The zero-order valence-electron chi connectivity index (χ0n) is 16.9. The molecule has 29 heavy (non-hydrogen) atoms. The molecule has 1 aromatic carbocycles. The Morgan fingerprint density at radius 2 is 1.86 bits per heavy atom. The molecule has 5 N–H and O–H groups in total. The maximum absolute atomic E-state index is 13.0. The minimum absolute atomic E-state index is 0.0491. The van der Waals surface area contributed by atoms with Gasteiger partial charge in [-0.15, -0.1) is 0 Å². The van der Waals surface area contributed by atoms with Gasteiger partial charge in [-0.05, 0) is 24.5 Å². The molecule has 0 saturated carbocycles. The van der Waals surface area contributed by atoms with Crippen molar-refractivity contribution in [3.05, 3.63) is 46.4 Å². The number of benzene rings is 1. The summed E-state index contributed by atoms with van der Waals surface area (Å²) in [6, 6.07) is 7.28. The molecule has 0 aliphatic carbocycles. The maximum Gasteiger partial charge on any atom is 0.243 e. The van der Waals surface area contributed by atoms with Crippen LogP contribution >= 0.6 is 11.6 Å². The van der Waals surface area contributed by atoms with E-state index >= 15 is 0 Å². The van der Waals surface area contributed by atoms with E-state index in [2.05, 4.69) is 9.97 Å². The fourth-order valence-corrected chi connectivity index (χ4v) is 2.95. The highest BCUT2D eigenvalue weighted by molar-refractivity contribution is 6.31. The lowest BCUT2D eigenvalue weighted by atomic mass is 9.95. The van der Waals surface area contributed by atoms with Crippen LogP contribution < -0.4 is 16.6 Å². The molecule has 0 aliphatic rings. The molecular weight excluding hydrogens is 400 g/mol. The third-order valence-corrected chi connectivity index (χ3v) is 4.96. The van der Waals surface area contributed by atoms with Gasteiger partial charge in [-0.3, -0.25) is 5.01 Å². The van der Waals surface area contributed by atoms with Gasteiger partial charge < -0.3 is 10.8 Å². The lowest BCUT2D eigenvalue weighted by Crippen LogP contribution is -2.33. The second-order valence-electron chi connectivity index (χ2n) is 8.02.